The van der Waals surface area contributed by atoms with Crippen molar-refractivity contribution in [3.05, 3.63) is 209 Å². The van der Waals surface area contributed by atoms with Gasteiger partial charge in [-0.2, -0.15) is 0 Å². The molecule has 0 amide bonds. The molecule has 6 aromatic rings. The van der Waals surface area contributed by atoms with Gasteiger partial charge in [-0.3, -0.25) is 0 Å². The smallest absolute Gasteiger partial charge is 0.141 e. The van der Waals surface area contributed by atoms with Crippen molar-refractivity contribution in [1.82, 2.24) is 0 Å². The Balaban J connectivity index is 1.37. The van der Waals surface area contributed by atoms with Crippen LogP contribution in [0.15, 0.2) is 176 Å². The van der Waals surface area contributed by atoms with Crippen molar-refractivity contribution in [3.63, 3.8) is 0 Å². The van der Waals surface area contributed by atoms with Crippen molar-refractivity contribution < 1.29 is 4.90 Å². The van der Waals surface area contributed by atoms with E-state index in [0.29, 0.717) is 11.8 Å². The van der Waals surface area contributed by atoms with E-state index in [4.69, 9.17) is 0 Å². The summed E-state index contributed by atoms with van der Waals surface area (Å²) in [5.41, 5.74) is 14.2. The van der Waals surface area contributed by atoms with Gasteiger partial charge in [0.1, 0.15) is 17.1 Å². The van der Waals surface area contributed by atoms with Crippen LogP contribution in [0, 0.1) is 5.92 Å². The Morgan fingerprint density at radius 1 is 0.489 bits per heavy atom. The Hall–Kier alpha value is -5.24. The highest BCUT2D eigenvalue weighted by atomic mass is 15.1. The zero-order valence-corrected chi connectivity index (χ0v) is 26.9. The van der Waals surface area contributed by atoms with Gasteiger partial charge in [0.25, 0.3) is 0 Å². The van der Waals surface area contributed by atoms with Crippen LogP contribution in [0.4, 0.5) is 17.1 Å². The van der Waals surface area contributed by atoms with E-state index in [1.165, 1.54) is 66.5 Å². The molecule has 0 fully saturated rings. The van der Waals surface area contributed by atoms with Gasteiger partial charge in [0.2, 0.25) is 0 Å². The Kier molecular flexibility index (Phi) is 6.35. The molecule has 3 aliphatic carbocycles. The van der Waals surface area contributed by atoms with Gasteiger partial charge < -0.3 is 0 Å². The number of allylic oxidation sites excluding steroid dienone is 4. The molecular weight excluding hydrogens is 567 g/mol. The van der Waals surface area contributed by atoms with Gasteiger partial charge in [0.05, 0.1) is 5.41 Å². The number of rotatable bonds is 5. The molecule has 2 atom stereocenters. The van der Waals surface area contributed by atoms with Crippen LogP contribution in [0.25, 0.3) is 11.1 Å². The van der Waals surface area contributed by atoms with E-state index in [1.54, 1.807) is 0 Å². The first-order valence-corrected chi connectivity index (χ1v) is 16.9. The molecule has 0 radical (unpaired) electrons. The highest BCUT2D eigenvalue weighted by Crippen LogP contribution is 2.62. The summed E-state index contributed by atoms with van der Waals surface area (Å²) < 4.78 is 0. The minimum absolute atomic E-state index is 0.0414. The molecule has 226 valence electrons. The predicted octanol–water partition coefficient (Wildman–Crippen LogP) is 10.3. The van der Waals surface area contributed by atoms with Crippen molar-refractivity contribution in [2.45, 2.75) is 30.6 Å². The molecule has 6 aromatic carbocycles. The van der Waals surface area contributed by atoms with E-state index in [-0.39, 0.29) is 5.41 Å². The molecule has 1 N–H and O–H groups in total. The summed E-state index contributed by atoms with van der Waals surface area (Å²) >= 11 is 0. The van der Waals surface area contributed by atoms with Crippen LogP contribution >= 0.6 is 0 Å². The van der Waals surface area contributed by atoms with Crippen molar-refractivity contribution in [1.29, 1.82) is 0 Å². The summed E-state index contributed by atoms with van der Waals surface area (Å²) in [6.45, 7) is 4.94. The number of hydrogen-bond donors (Lipinski definition) is 1. The summed E-state index contributed by atoms with van der Waals surface area (Å²) in [5, 5.41) is 0. The minimum atomic E-state index is -0.481. The fourth-order valence-corrected chi connectivity index (χ4v) is 9.25. The van der Waals surface area contributed by atoms with E-state index in [2.05, 4.69) is 190 Å². The van der Waals surface area contributed by atoms with Gasteiger partial charge in [-0.25, -0.2) is 4.90 Å². The van der Waals surface area contributed by atoms with Crippen molar-refractivity contribution >= 4 is 17.1 Å². The largest absolute Gasteiger partial charge is 0.238 e. The second kappa shape index (κ2) is 10.7. The van der Waals surface area contributed by atoms with E-state index in [9.17, 15) is 0 Å². The first-order chi connectivity index (χ1) is 23.1. The third-order valence-electron chi connectivity index (χ3n) is 11.1. The van der Waals surface area contributed by atoms with Gasteiger partial charge in [-0.05, 0) is 86.2 Å². The monoisotopic (exact) mass is 604 g/mol. The lowest BCUT2D eigenvalue weighted by Crippen LogP contribution is -2.96. The summed E-state index contributed by atoms with van der Waals surface area (Å²) in [6, 6.07) is 56.6. The number of fused-ring (bicyclic) bond motifs is 6. The molecular formula is C46H38N+. The lowest BCUT2D eigenvalue weighted by Gasteiger charge is -2.39. The maximum Gasteiger partial charge on any atom is 0.141 e. The second-order valence-electron chi connectivity index (χ2n) is 13.8. The molecule has 1 heteroatoms. The molecule has 9 rings (SSSR count). The van der Waals surface area contributed by atoms with Crippen LogP contribution in [0.1, 0.15) is 53.1 Å². The molecule has 0 aliphatic heterocycles. The van der Waals surface area contributed by atoms with Crippen LogP contribution in [0.5, 0.6) is 0 Å². The van der Waals surface area contributed by atoms with Crippen molar-refractivity contribution in [2.24, 2.45) is 5.92 Å². The minimum Gasteiger partial charge on any atom is -0.238 e. The Morgan fingerprint density at radius 2 is 1.02 bits per heavy atom. The van der Waals surface area contributed by atoms with E-state index >= 15 is 0 Å². The summed E-state index contributed by atoms with van der Waals surface area (Å²) in [7, 11) is 0. The highest BCUT2D eigenvalue weighted by Gasteiger charge is 2.53. The van der Waals surface area contributed by atoms with Crippen LogP contribution in [0.3, 0.4) is 0 Å². The average Bonchev–Trinajstić information content (AvgIpc) is 3.56. The number of hydrogen-bond acceptors (Lipinski definition) is 0. The van der Waals surface area contributed by atoms with E-state index in [0.717, 1.165) is 0 Å². The molecule has 0 heterocycles. The number of para-hydroxylation sites is 2. The van der Waals surface area contributed by atoms with Gasteiger partial charge >= 0.3 is 0 Å². The Labute approximate surface area is 278 Å². The topological polar surface area (TPSA) is 4.44 Å². The van der Waals surface area contributed by atoms with Gasteiger partial charge in [-0.1, -0.05) is 153 Å². The summed E-state index contributed by atoms with van der Waals surface area (Å²) in [5.74, 6) is 0.811. The van der Waals surface area contributed by atoms with Crippen LogP contribution in [-0.2, 0) is 10.8 Å². The Bertz CT molecular complexity index is 2100. The molecule has 0 aromatic heterocycles. The quantitative estimate of drug-likeness (QED) is 0.199. The fraction of sp³-hybridized carbons (Fsp3) is 0.130. The first kappa shape index (κ1) is 28.0. The zero-order chi connectivity index (χ0) is 31.6. The molecule has 1 nitrogen and oxygen atoms in total. The Morgan fingerprint density at radius 3 is 1.68 bits per heavy atom. The normalized spacial score (nSPS) is 19.2. The molecule has 47 heavy (non-hydrogen) atoms. The molecule has 0 saturated heterocycles. The number of quaternary nitrogens is 1. The van der Waals surface area contributed by atoms with Crippen molar-refractivity contribution in [2.75, 3.05) is 0 Å². The maximum absolute atomic E-state index is 2.49. The number of nitrogens with one attached hydrogen (secondary N) is 1. The second-order valence-corrected chi connectivity index (χ2v) is 13.8. The van der Waals surface area contributed by atoms with E-state index < -0.39 is 5.41 Å². The van der Waals surface area contributed by atoms with E-state index in [1.807, 2.05) is 0 Å². The lowest BCUT2D eigenvalue weighted by atomic mass is 9.63. The fourth-order valence-electron chi connectivity index (χ4n) is 9.25. The maximum atomic E-state index is 2.49. The zero-order valence-electron chi connectivity index (χ0n) is 26.9. The molecule has 0 bridgehead atoms. The standard InChI is InChI=1S/C46H37N/c1-45(2)40-27-12-9-25-38(40)39-26-16-30-43(44(39)45)46(41-28-13-10-23-36(41)37-24-11-14-29-42(37)46)32-17-15-22-35(31-32)47(33-18-5-3-6-19-33)34-20-7-4-8-21-34/h3-31,38,40H,1-2H3/p+1. The molecule has 3 aliphatic rings. The predicted molar refractivity (Wildman–Crippen MR) is 194 cm³/mol. The molecule has 0 saturated carbocycles. The van der Waals surface area contributed by atoms with Gasteiger partial charge in [0, 0.05) is 12.0 Å². The SMILES string of the molecule is CC1(C)c2c(cccc2C2(c3cccc([NH+](c4ccccc4)c4ccccc4)c3)c3ccccc3-c3ccccc32)C2C=CC=CC21. The molecule has 2 unspecified atom stereocenters. The average molecular weight is 605 g/mol. The summed E-state index contributed by atoms with van der Waals surface area (Å²) in [4.78, 5) is 1.25. The number of benzene rings is 6. The first-order valence-electron chi connectivity index (χ1n) is 16.9. The van der Waals surface area contributed by atoms with Crippen LogP contribution in [0.2, 0.25) is 0 Å². The summed E-state index contributed by atoms with van der Waals surface area (Å²) in [6.07, 6.45) is 9.35. The van der Waals surface area contributed by atoms with Crippen LogP contribution in [-0.4, -0.2) is 0 Å². The molecule has 0 spiro atoms. The highest BCUT2D eigenvalue weighted by molar-refractivity contribution is 5.87. The third kappa shape index (κ3) is 4.00. The third-order valence-corrected chi connectivity index (χ3v) is 11.1. The van der Waals surface area contributed by atoms with Gasteiger partial charge in [0.15, 0.2) is 0 Å². The van der Waals surface area contributed by atoms with Crippen molar-refractivity contribution in [3.8, 4) is 11.1 Å². The lowest BCUT2D eigenvalue weighted by molar-refractivity contribution is -0.681. The van der Waals surface area contributed by atoms with Gasteiger partial charge in [-0.15, -0.1) is 0 Å². The van der Waals surface area contributed by atoms with Crippen LogP contribution < -0.4 is 4.90 Å².